The summed E-state index contributed by atoms with van der Waals surface area (Å²) in [6.07, 6.45) is 4.03. The molecule has 1 fully saturated rings. The third-order valence-corrected chi connectivity index (χ3v) is 6.72. The number of anilines is 1. The van der Waals surface area contributed by atoms with Gasteiger partial charge in [-0.2, -0.15) is 4.98 Å². The smallest absolute Gasteiger partial charge is 0.329 e. The molecule has 3 heterocycles. The van der Waals surface area contributed by atoms with Crippen LogP contribution >= 0.6 is 0 Å². The quantitative estimate of drug-likeness (QED) is 0.497. The Balaban J connectivity index is 1.43. The summed E-state index contributed by atoms with van der Waals surface area (Å²) in [4.78, 5) is 34.5. The summed E-state index contributed by atoms with van der Waals surface area (Å²) in [5, 5.41) is 0. The van der Waals surface area contributed by atoms with E-state index < -0.39 is 5.69 Å². The molecule has 1 aliphatic rings. The van der Waals surface area contributed by atoms with Crippen molar-refractivity contribution < 1.29 is 0 Å². The Morgan fingerprint density at radius 2 is 1.58 bits per heavy atom. The molecule has 5 rings (SSSR count). The summed E-state index contributed by atoms with van der Waals surface area (Å²) in [7, 11) is 1.66. The minimum atomic E-state index is -0.437. The van der Waals surface area contributed by atoms with E-state index >= 15 is 0 Å². The first kappa shape index (κ1) is 21.2. The standard InChI is InChI=1S/C26H29N5O2/c1-29-23-22(24(32)28-26(29)33)31(17-14-19-8-4-2-5-9-19)25(27-23)30-15-12-21(13-16-30)18-20-10-6-3-7-11-20/h2-11,21H,12-18H2,1H3,(H,28,32,33). The van der Waals surface area contributed by atoms with Crippen LogP contribution in [-0.2, 0) is 26.4 Å². The maximum absolute atomic E-state index is 12.8. The monoisotopic (exact) mass is 443 g/mol. The van der Waals surface area contributed by atoms with Gasteiger partial charge in [0.25, 0.3) is 5.56 Å². The lowest BCUT2D eigenvalue weighted by Gasteiger charge is -2.33. The molecule has 33 heavy (non-hydrogen) atoms. The van der Waals surface area contributed by atoms with Gasteiger partial charge in [-0.15, -0.1) is 0 Å². The highest BCUT2D eigenvalue weighted by atomic mass is 16.2. The number of nitrogens with zero attached hydrogens (tertiary/aromatic N) is 4. The first-order chi connectivity index (χ1) is 16.1. The Hall–Kier alpha value is -3.61. The van der Waals surface area contributed by atoms with Crippen LogP contribution in [-0.4, -0.2) is 32.2 Å². The molecule has 1 aliphatic heterocycles. The normalized spacial score (nSPS) is 14.8. The van der Waals surface area contributed by atoms with Crippen molar-refractivity contribution in [1.82, 2.24) is 19.1 Å². The molecule has 170 valence electrons. The zero-order valence-corrected chi connectivity index (χ0v) is 18.9. The van der Waals surface area contributed by atoms with Gasteiger partial charge in [0.2, 0.25) is 5.95 Å². The Morgan fingerprint density at radius 3 is 2.24 bits per heavy atom. The number of aromatic amines is 1. The number of rotatable bonds is 6. The summed E-state index contributed by atoms with van der Waals surface area (Å²) in [5.74, 6) is 1.42. The maximum Gasteiger partial charge on any atom is 0.329 e. The number of nitrogens with one attached hydrogen (secondary N) is 1. The Kier molecular flexibility index (Phi) is 5.86. The lowest BCUT2D eigenvalue weighted by molar-refractivity contribution is 0.398. The van der Waals surface area contributed by atoms with Gasteiger partial charge in [0.05, 0.1) is 0 Å². The van der Waals surface area contributed by atoms with Crippen LogP contribution in [0.2, 0.25) is 0 Å². The highest BCUT2D eigenvalue weighted by Crippen LogP contribution is 2.27. The predicted octanol–water partition coefficient (Wildman–Crippen LogP) is 3.13. The summed E-state index contributed by atoms with van der Waals surface area (Å²) < 4.78 is 3.43. The zero-order chi connectivity index (χ0) is 22.8. The van der Waals surface area contributed by atoms with Crippen molar-refractivity contribution in [2.45, 2.75) is 32.2 Å². The molecule has 0 aliphatic carbocycles. The average Bonchev–Trinajstić information content (AvgIpc) is 3.23. The Morgan fingerprint density at radius 1 is 0.939 bits per heavy atom. The van der Waals surface area contributed by atoms with Crippen LogP contribution in [0.5, 0.6) is 0 Å². The SMILES string of the molecule is Cn1c(=O)[nH]c(=O)c2c1nc(N1CCC(Cc3ccccc3)CC1)n2CCc1ccccc1. The number of H-pyrrole nitrogens is 1. The van der Waals surface area contributed by atoms with Gasteiger partial charge in [-0.05, 0) is 42.7 Å². The molecule has 0 radical (unpaired) electrons. The molecule has 0 saturated carbocycles. The van der Waals surface area contributed by atoms with Crippen molar-refractivity contribution in [3.05, 3.63) is 92.6 Å². The van der Waals surface area contributed by atoms with E-state index in [0.29, 0.717) is 23.6 Å². The number of hydrogen-bond donors (Lipinski definition) is 1. The van der Waals surface area contributed by atoms with E-state index in [1.165, 1.54) is 15.7 Å². The van der Waals surface area contributed by atoms with E-state index in [1.807, 2.05) is 22.8 Å². The molecule has 0 unspecified atom stereocenters. The second-order valence-electron chi connectivity index (χ2n) is 8.91. The number of aryl methyl sites for hydroxylation is 3. The summed E-state index contributed by atoms with van der Waals surface area (Å²) in [5.41, 5.74) is 2.68. The largest absolute Gasteiger partial charge is 0.342 e. The predicted molar refractivity (Wildman–Crippen MR) is 131 cm³/mol. The molecule has 0 spiro atoms. The first-order valence-corrected chi connectivity index (χ1v) is 11.6. The highest BCUT2D eigenvalue weighted by molar-refractivity contribution is 5.74. The molecule has 1 saturated heterocycles. The van der Waals surface area contributed by atoms with E-state index in [2.05, 4.69) is 52.3 Å². The third kappa shape index (κ3) is 4.35. The van der Waals surface area contributed by atoms with Crippen LogP contribution in [0.15, 0.2) is 70.3 Å². The van der Waals surface area contributed by atoms with Crippen molar-refractivity contribution in [1.29, 1.82) is 0 Å². The van der Waals surface area contributed by atoms with Crippen LogP contribution in [0.25, 0.3) is 11.2 Å². The molecule has 0 atom stereocenters. The molecular weight excluding hydrogens is 414 g/mol. The number of piperidine rings is 1. The molecule has 0 amide bonds. The second kappa shape index (κ2) is 9.10. The molecule has 7 heteroatoms. The van der Waals surface area contributed by atoms with Gasteiger partial charge in [-0.1, -0.05) is 60.7 Å². The van der Waals surface area contributed by atoms with Crippen molar-refractivity contribution in [3.8, 4) is 0 Å². The summed E-state index contributed by atoms with van der Waals surface area (Å²) in [6, 6.07) is 20.9. The molecule has 1 N–H and O–H groups in total. The van der Waals surface area contributed by atoms with E-state index in [1.54, 1.807) is 7.05 Å². The lowest BCUT2D eigenvalue weighted by Crippen LogP contribution is -2.36. The number of fused-ring (bicyclic) bond motifs is 1. The van der Waals surface area contributed by atoms with Gasteiger partial charge in [-0.3, -0.25) is 14.3 Å². The fraction of sp³-hybridized carbons (Fsp3) is 0.346. The number of benzene rings is 2. The lowest BCUT2D eigenvalue weighted by atomic mass is 9.90. The maximum atomic E-state index is 12.8. The van der Waals surface area contributed by atoms with Crippen molar-refractivity contribution >= 4 is 17.1 Å². The van der Waals surface area contributed by atoms with Gasteiger partial charge < -0.3 is 9.47 Å². The van der Waals surface area contributed by atoms with Gasteiger partial charge in [0.15, 0.2) is 11.2 Å². The molecule has 2 aromatic carbocycles. The van der Waals surface area contributed by atoms with Gasteiger partial charge in [0, 0.05) is 26.7 Å². The van der Waals surface area contributed by atoms with Crippen LogP contribution in [0.4, 0.5) is 5.95 Å². The van der Waals surface area contributed by atoms with E-state index in [0.717, 1.165) is 44.7 Å². The third-order valence-electron chi connectivity index (χ3n) is 6.72. The van der Waals surface area contributed by atoms with Gasteiger partial charge in [0.1, 0.15) is 0 Å². The average molecular weight is 444 g/mol. The Bertz CT molecular complexity index is 1350. The molecule has 0 bridgehead atoms. The fourth-order valence-corrected chi connectivity index (χ4v) is 4.85. The van der Waals surface area contributed by atoms with E-state index in [9.17, 15) is 9.59 Å². The van der Waals surface area contributed by atoms with Crippen molar-refractivity contribution in [2.24, 2.45) is 13.0 Å². The zero-order valence-electron chi connectivity index (χ0n) is 18.9. The topological polar surface area (TPSA) is 75.9 Å². The minimum absolute atomic E-state index is 0.376. The van der Waals surface area contributed by atoms with Gasteiger partial charge >= 0.3 is 5.69 Å². The Labute approximate surface area is 192 Å². The van der Waals surface area contributed by atoms with Crippen molar-refractivity contribution in [2.75, 3.05) is 18.0 Å². The molecule has 4 aromatic rings. The first-order valence-electron chi connectivity index (χ1n) is 11.6. The fourth-order valence-electron chi connectivity index (χ4n) is 4.85. The molecular formula is C26H29N5O2. The summed E-state index contributed by atoms with van der Waals surface area (Å²) in [6.45, 7) is 2.40. The highest BCUT2D eigenvalue weighted by Gasteiger charge is 2.26. The molecule has 7 nitrogen and oxygen atoms in total. The minimum Gasteiger partial charge on any atom is -0.342 e. The van der Waals surface area contributed by atoms with Crippen molar-refractivity contribution in [3.63, 3.8) is 0 Å². The number of hydrogen-bond acceptors (Lipinski definition) is 4. The number of aromatic nitrogens is 4. The number of imidazole rings is 1. The van der Waals surface area contributed by atoms with Crippen LogP contribution < -0.4 is 16.1 Å². The van der Waals surface area contributed by atoms with Crippen LogP contribution in [0.3, 0.4) is 0 Å². The second-order valence-corrected chi connectivity index (χ2v) is 8.91. The van der Waals surface area contributed by atoms with Gasteiger partial charge in [-0.25, -0.2) is 4.79 Å². The van der Waals surface area contributed by atoms with Crippen LogP contribution in [0.1, 0.15) is 24.0 Å². The molecule has 2 aromatic heterocycles. The van der Waals surface area contributed by atoms with E-state index in [4.69, 9.17) is 4.98 Å². The summed E-state index contributed by atoms with van der Waals surface area (Å²) >= 11 is 0. The van der Waals surface area contributed by atoms with E-state index in [-0.39, 0.29) is 5.56 Å². The van der Waals surface area contributed by atoms with Crippen LogP contribution in [0, 0.1) is 5.92 Å².